The van der Waals surface area contributed by atoms with Gasteiger partial charge in [0.2, 0.25) is 0 Å². The molecule has 0 saturated heterocycles. The normalized spacial score (nSPS) is 10.2. The second-order valence-electron chi connectivity index (χ2n) is 5.84. The van der Waals surface area contributed by atoms with Gasteiger partial charge in [-0.3, -0.25) is 4.79 Å². The second kappa shape index (κ2) is 9.80. The molecule has 0 heterocycles. The minimum Gasteiger partial charge on any atom is -0.496 e. The number of hydrogen-bond acceptors (Lipinski definition) is 4. The number of carbonyl (C=O) groups is 1. The van der Waals surface area contributed by atoms with Crippen LogP contribution in [0.2, 0.25) is 0 Å². The number of methoxy groups -OCH3 is 1. The first-order valence-corrected chi connectivity index (χ1v) is 9.50. The van der Waals surface area contributed by atoms with E-state index in [-0.39, 0.29) is 5.91 Å². The lowest BCUT2D eigenvalue weighted by molar-refractivity contribution is 0.102. The molecule has 0 atom stereocenters. The molecule has 3 rings (SSSR count). The van der Waals surface area contributed by atoms with Crippen LogP contribution in [0, 0.1) is 0 Å². The monoisotopic (exact) mass is 441 g/mol. The molecular formula is C22H20BrNO4. The maximum Gasteiger partial charge on any atom is 0.259 e. The maximum atomic E-state index is 12.6. The molecule has 0 fully saturated rings. The van der Waals surface area contributed by atoms with Gasteiger partial charge in [0.15, 0.2) is 0 Å². The highest BCUT2D eigenvalue weighted by Gasteiger charge is 2.13. The summed E-state index contributed by atoms with van der Waals surface area (Å²) in [4.78, 5) is 12.6. The van der Waals surface area contributed by atoms with E-state index in [0.29, 0.717) is 36.0 Å². The van der Waals surface area contributed by atoms with Crippen LogP contribution >= 0.6 is 15.9 Å². The molecular weight excluding hydrogens is 422 g/mol. The van der Waals surface area contributed by atoms with Gasteiger partial charge in [-0.25, -0.2) is 0 Å². The van der Waals surface area contributed by atoms with Crippen LogP contribution in [-0.4, -0.2) is 26.2 Å². The van der Waals surface area contributed by atoms with Crippen LogP contribution in [-0.2, 0) is 0 Å². The molecule has 0 aliphatic carbocycles. The molecule has 0 unspecified atom stereocenters. The zero-order valence-corrected chi connectivity index (χ0v) is 16.9. The zero-order valence-electron chi connectivity index (χ0n) is 15.4. The van der Waals surface area contributed by atoms with Gasteiger partial charge in [-0.2, -0.15) is 0 Å². The Labute approximate surface area is 172 Å². The van der Waals surface area contributed by atoms with E-state index in [0.717, 1.165) is 10.2 Å². The SMILES string of the molecule is COc1ccc(Br)cc1C(=O)Nc1cccc(OCCOc2ccccc2)c1. The molecule has 0 aromatic heterocycles. The molecule has 0 bridgehead atoms. The number of carbonyl (C=O) groups excluding carboxylic acids is 1. The van der Waals surface area contributed by atoms with Gasteiger partial charge in [-0.05, 0) is 42.5 Å². The lowest BCUT2D eigenvalue weighted by atomic mass is 10.2. The van der Waals surface area contributed by atoms with E-state index in [4.69, 9.17) is 14.2 Å². The van der Waals surface area contributed by atoms with Crippen LogP contribution < -0.4 is 19.5 Å². The van der Waals surface area contributed by atoms with Crippen molar-refractivity contribution in [3.63, 3.8) is 0 Å². The van der Waals surface area contributed by atoms with Crippen LogP contribution in [0.1, 0.15) is 10.4 Å². The van der Waals surface area contributed by atoms with Crippen LogP contribution in [0.5, 0.6) is 17.2 Å². The quantitative estimate of drug-likeness (QED) is 0.490. The Kier molecular flexibility index (Phi) is 6.92. The molecule has 0 aliphatic heterocycles. The summed E-state index contributed by atoms with van der Waals surface area (Å²) in [5, 5.41) is 2.87. The smallest absolute Gasteiger partial charge is 0.259 e. The van der Waals surface area contributed by atoms with Crippen molar-refractivity contribution in [3.8, 4) is 17.2 Å². The molecule has 3 aromatic carbocycles. The predicted octanol–water partition coefficient (Wildman–Crippen LogP) is 5.17. The second-order valence-corrected chi connectivity index (χ2v) is 6.75. The average molecular weight is 442 g/mol. The highest BCUT2D eigenvalue weighted by Crippen LogP contribution is 2.25. The number of rotatable bonds is 8. The van der Waals surface area contributed by atoms with Crippen molar-refractivity contribution in [2.75, 3.05) is 25.6 Å². The van der Waals surface area contributed by atoms with Gasteiger partial charge in [0.25, 0.3) is 5.91 Å². The fourth-order valence-electron chi connectivity index (χ4n) is 2.56. The Morgan fingerprint density at radius 1 is 0.893 bits per heavy atom. The van der Waals surface area contributed by atoms with Crippen molar-refractivity contribution < 1.29 is 19.0 Å². The van der Waals surface area contributed by atoms with E-state index in [1.165, 1.54) is 7.11 Å². The molecule has 1 N–H and O–H groups in total. The highest BCUT2D eigenvalue weighted by molar-refractivity contribution is 9.10. The standard InChI is InChI=1S/C22H20BrNO4/c1-26-21-11-10-16(23)14-20(21)22(25)24-17-6-5-9-19(15-17)28-13-12-27-18-7-3-2-4-8-18/h2-11,14-15H,12-13H2,1H3,(H,24,25). The topological polar surface area (TPSA) is 56.8 Å². The van der Waals surface area contributed by atoms with Crippen molar-refractivity contribution in [3.05, 3.63) is 82.8 Å². The number of ether oxygens (including phenoxy) is 3. The maximum absolute atomic E-state index is 12.6. The first kappa shape index (κ1) is 19.8. The summed E-state index contributed by atoms with van der Waals surface area (Å²) in [6, 6.07) is 22.1. The molecule has 0 aliphatic rings. The van der Waals surface area contributed by atoms with Gasteiger partial charge in [0, 0.05) is 16.2 Å². The van der Waals surface area contributed by atoms with E-state index >= 15 is 0 Å². The third-order valence-electron chi connectivity index (χ3n) is 3.86. The molecule has 1 amide bonds. The van der Waals surface area contributed by atoms with Gasteiger partial charge in [0.05, 0.1) is 12.7 Å². The Balaban J connectivity index is 1.57. The number of nitrogens with one attached hydrogen (secondary N) is 1. The molecule has 28 heavy (non-hydrogen) atoms. The number of benzene rings is 3. The van der Waals surface area contributed by atoms with Gasteiger partial charge in [-0.1, -0.05) is 40.2 Å². The first-order chi connectivity index (χ1) is 13.7. The number of hydrogen-bond donors (Lipinski definition) is 1. The highest BCUT2D eigenvalue weighted by atomic mass is 79.9. The van der Waals surface area contributed by atoms with E-state index in [1.54, 1.807) is 24.3 Å². The van der Waals surface area contributed by atoms with Crippen LogP contribution in [0.15, 0.2) is 77.3 Å². The summed E-state index contributed by atoms with van der Waals surface area (Å²) in [7, 11) is 1.53. The number of para-hydroxylation sites is 1. The third-order valence-corrected chi connectivity index (χ3v) is 4.36. The summed E-state index contributed by atoms with van der Waals surface area (Å²) in [5.41, 5.74) is 1.08. The first-order valence-electron chi connectivity index (χ1n) is 8.71. The Hall–Kier alpha value is -2.99. The predicted molar refractivity (Wildman–Crippen MR) is 113 cm³/mol. The lowest BCUT2D eigenvalue weighted by Crippen LogP contribution is -2.13. The van der Waals surface area contributed by atoms with Crippen LogP contribution in [0.4, 0.5) is 5.69 Å². The zero-order chi connectivity index (χ0) is 19.8. The molecule has 3 aromatic rings. The summed E-state index contributed by atoms with van der Waals surface area (Å²) in [6.07, 6.45) is 0. The summed E-state index contributed by atoms with van der Waals surface area (Å²) in [6.45, 7) is 0.821. The number of halogens is 1. The van der Waals surface area contributed by atoms with E-state index in [1.807, 2.05) is 48.5 Å². The summed E-state index contributed by atoms with van der Waals surface area (Å²) < 4.78 is 17.4. The van der Waals surface area contributed by atoms with Crippen molar-refractivity contribution in [1.29, 1.82) is 0 Å². The molecule has 0 saturated carbocycles. The van der Waals surface area contributed by atoms with Gasteiger partial charge in [0.1, 0.15) is 30.5 Å². The summed E-state index contributed by atoms with van der Waals surface area (Å²) >= 11 is 3.38. The van der Waals surface area contributed by atoms with Gasteiger partial charge >= 0.3 is 0 Å². The largest absolute Gasteiger partial charge is 0.496 e. The Morgan fingerprint density at radius 2 is 1.61 bits per heavy atom. The van der Waals surface area contributed by atoms with Crippen LogP contribution in [0.3, 0.4) is 0 Å². The van der Waals surface area contributed by atoms with Crippen molar-refractivity contribution in [1.82, 2.24) is 0 Å². The summed E-state index contributed by atoms with van der Waals surface area (Å²) in [5.74, 6) is 1.69. The fourth-order valence-corrected chi connectivity index (χ4v) is 2.92. The average Bonchev–Trinajstić information content (AvgIpc) is 2.72. The molecule has 144 valence electrons. The third kappa shape index (κ3) is 5.50. The Morgan fingerprint density at radius 3 is 2.36 bits per heavy atom. The van der Waals surface area contributed by atoms with E-state index in [2.05, 4.69) is 21.2 Å². The van der Waals surface area contributed by atoms with Crippen molar-refractivity contribution in [2.24, 2.45) is 0 Å². The van der Waals surface area contributed by atoms with Gasteiger partial charge < -0.3 is 19.5 Å². The lowest BCUT2D eigenvalue weighted by Gasteiger charge is -2.12. The van der Waals surface area contributed by atoms with Crippen molar-refractivity contribution in [2.45, 2.75) is 0 Å². The number of anilines is 1. The molecule has 6 heteroatoms. The molecule has 0 spiro atoms. The van der Waals surface area contributed by atoms with Gasteiger partial charge in [-0.15, -0.1) is 0 Å². The number of amides is 1. The van der Waals surface area contributed by atoms with Crippen molar-refractivity contribution >= 4 is 27.5 Å². The van der Waals surface area contributed by atoms with Crippen LogP contribution in [0.25, 0.3) is 0 Å². The Bertz CT molecular complexity index is 931. The van der Waals surface area contributed by atoms with E-state index < -0.39 is 0 Å². The fraction of sp³-hybridized carbons (Fsp3) is 0.136. The van der Waals surface area contributed by atoms with E-state index in [9.17, 15) is 4.79 Å². The minimum absolute atomic E-state index is 0.261. The minimum atomic E-state index is -0.261. The molecule has 5 nitrogen and oxygen atoms in total. The molecule has 0 radical (unpaired) electrons.